The molecule has 4 nitrogen and oxygen atoms in total. The molecule has 6 heteroatoms. The second-order valence-corrected chi connectivity index (χ2v) is 5.42. The molecule has 1 aromatic heterocycles. The van der Waals surface area contributed by atoms with Crippen molar-refractivity contribution in [1.29, 1.82) is 0 Å². The summed E-state index contributed by atoms with van der Waals surface area (Å²) in [6.45, 7) is 0. The standard InChI is InChI=1S/C13H11FN2O2S/c14-9-3-1-2-8(4-9)5-12-15-13(18-16-12)10-6-19-7-11(10)17/h1-4,10H,5-7H2. The first-order valence-corrected chi connectivity index (χ1v) is 7.05. The number of rotatable bonds is 3. The summed E-state index contributed by atoms with van der Waals surface area (Å²) < 4.78 is 18.2. The predicted octanol–water partition coefficient (Wildman–Crippen LogP) is 2.20. The molecule has 2 aromatic rings. The van der Waals surface area contributed by atoms with Crippen LogP contribution in [0.4, 0.5) is 4.39 Å². The second-order valence-electron chi connectivity index (χ2n) is 4.39. The zero-order chi connectivity index (χ0) is 13.2. The minimum atomic E-state index is -0.288. The van der Waals surface area contributed by atoms with E-state index in [1.54, 1.807) is 23.9 Å². The van der Waals surface area contributed by atoms with Crippen molar-refractivity contribution in [3.63, 3.8) is 0 Å². The summed E-state index contributed by atoms with van der Waals surface area (Å²) >= 11 is 1.57. The average molecular weight is 278 g/mol. The molecular formula is C13H11FN2O2S. The lowest BCUT2D eigenvalue weighted by molar-refractivity contribution is -0.117. The van der Waals surface area contributed by atoms with Gasteiger partial charge in [0.15, 0.2) is 11.6 Å². The molecule has 0 aliphatic carbocycles. The fourth-order valence-electron chi connectivity index (χ4n) is 1.99. The zero-order valence-corrected chi connectivity index (χ0v) is 10.8. The highest BCUT2D eigenvalue weighted by Crippen LogP contribution is 2.28. The number of halogens is 1. The fourth-order valence-corrected chi connectivity index (χ4v) is 3.07. The van der Waals surface area contributed by atoms with E-state index in [1.165, 1.54) is 12.1 Å². The number of benzene rings is 1. The first-order valence-electron chi connectivity index (χ1n) is 5.90. The molecule has 1 fully saturated rings. The van der Waals surface area contributed by atoms with Crippen molar-refractivity contribution in [1.82, 2.24) is 10.1 Å². The van der Waals surface area contributed by atoms with Gasteiger partial charge in [0.2, 0.25) is 5.89 Å². The Bertz CT molecular complexity index is 614. The first-order chi connectivity index (χ1) is 9.22. The molecule has 1 atom stereocenters. The van der Waals surface area contributed by atoms with Gasteiger partial charge in [-0.05, 0) is 17.7 Å². The van der Waals surface area contributed by atoms with Gasteiger partial charge in [-0.25, -0.2) is 4.39 Å². The third kappa shape index (κ3) is 2.68. The van der Waals surface area contributed by atoms with Crippen LogP contribution in [-0.2, 0) is 11.2 Å². The van der Waals surface area contributed by atoms with Crippen LogP contribution in [0.1, 0.15) is 23.2 Å². The highest BCUT2D eigenvalue weighted by molar-refractivity contribution is 8.00. The first kappa shape index (κ1) is 12.3. The molecule has 0 radical (unpaired) electrons. The summed E-state index contributed by atoms with van der Waals surface area (Å²) in [5.41, 5.74) is 0.777. The van der Waals surface area contributed by atoms with Crippen LogP contribution in [0.15, 0.2) is 28.8 Å². The Labute approximate surface area is 113 Å². The molecule has 1 unspecified atom stereocenters. The smallest absolute Gasteiger partial charge is 0.238 e. The zero-order valence-electron chi connectivity index (χ0n) is 10.0. The lowest BCUT2D eigenvalue weighted by Crippen LogP contribution is -2.09. The van der Waals surface area contributed by atoms with Crippen LogP contribution in [0.3, 0.4) is 0 Å². The number of hydrogen-bond acceptors (Lipinski definition) is 5. The number of Topliss-reactive ketones (excluding diaryl/α,β-unsaturated/α-hetero) is 1. The number of carbonyl (C=O) groups excluding carboxylic acids is 1. The maximum atomic E-state index is 13.1. The Morgan fingerprint density at radius 3 is 3.11 bits per heavy atom. The topological polar surface area (TPSA) is 56.0 Å². The highest BCUT2D eigenvalue weighted by Gasteiger charge is 2.31. The molecule has 1 aliphatic rings. The van der Waals surface area contributed by atoms with Crippen LogP contribution < -0.4 is 0 Å². The van der Waals surface area contributed by atoms with Gasteiger partial charge in [-0.1, -0.05) is 17.3 Å². The summed E-state index contributed by atoms with van der Waals surface area (Å²) in [4.78, 5) is 15.8. The van der Waals surface area contributed by atoms with Crippen LogP contribution in [0.2, 0.25) is 0 Å². The molecule has 1 saturated heterocycles. The van der Waals surface area contributed by atoms with E-state index in [-0.39, 0.29) is 17.5 Å². The third-order valence-electron chi connectivity index (χ3n) is 2.95. The van der Waals surface area contributed by atoms with Gasteiger partial charge in [-0.2, -0.15) is 16.7 Å². The van der Waals surface area contributed by atoms with Crippen molar-refractivity contribution in [3.8, 4) is 0 Å². The summed E-state index contributed by atoms with van der Waals surface area (Å²) in [6.07, 6.45) is 0.398. The molecular weight excluding hydrogens is 267 g/mol. The van der Waals surface area contributed by atoms with Crippen molar-refractivity contribution in [3.05, 3.63) is 47.4 Å². The number of hydrogen-bond donors (Lipinski definition) is 0. The number of ketones is 1. The van der Waals surface area contributed by atoms with Crippen molar-refractivity contribution < 1.29 is 13.7 Å². The number of aromatic nitrogens is 2. The van der Waals surface area contributed by atoms with Gasteiger partial charge >= 0.3 is 0 Å². The van der Waals surface area contributed by atoms with Crippen LogP contribution in [0, 0.1) is 5.82 Å². The van der Waals surface area contributed by atoms with Gasteiger partial charge in [-0.15, -0.1) is 0 Å². The monoisotopic (exact) mass is 278 g/mol. The fraction of sp³-hybridized carbons (Fsp3) is 0.308. The Morgan fingerprint density at radius 2 is 2.37 bits per heavy atom. The van der Waals surface area contributed by atoms with Crippen molar-refractivity contribution in [2.75, 3.05) is 11.5 Å². The summed E-state index contributed by atoms with van der Waals surface area (Å²) in [5, 5.41) is 3.85. The molecule has 1 aliphatic heterocycles. The average Bonchev–Trinajstić information content (AvgIpc) is 2.98. The van der Waals surface area contributed by atoms with Gasteiger partial charge in [-0.3, -0.25) is 4.79 Å². The van der Waals surface area contributed by atoms with Gasteiger partial charge in [0.25, 0.3) is 0 Å². The van der Waals surface area contributed by atoms with Gasteiger partial charge in [0, 0.05) is 12.2 Å². The van der Waals surface area contributed by atoms with Crippen molar-refractivity contribution >= 4 is 17.5 Å². The van der Waals surface area contributed by atoms with E-state index in [0.29, 0.717) is 29.6 Å². The Morgan fingerprint density at radius 1 is 1.47 bits per heavy atom. The maximum absolute atomic E-state index is 13.1. The largest absolute Gasteiger partial charge is 0.339 e. The lowest BCUT2D eigenvalue weighted by Gasteiger charge is -1.98. The summed E-state index contributed by atoms with van der Waals surface area (Å²) in [6, 6.07) is 6.27. The van der Waals surface area contributed by atoms with E-state index in [1.807, 2.05) is 0 Å². The molecule has 0 N–H and O–H groups in total. The van der Waals surface area contributed by atoms with E-state index < -0.39 is 0 Å². The van der Waals surface area contributed by atoms with Gasteiger partial charge < -0.3 is 4.52 Å². The number of thioether (sulfide) groups is 1. The minimum Gasteiger partial charge on any atom is -0.339 e. The van der Waals surface area contributed by atoms with E-state index in [2.05, 4.69) is 10.1 Å². The Hall–Kier alpha value is -1.69. The molecule has 0 spiro atoms. The van der Waals surface area contributed by atoms with Crippen molar-refractivity contribution in [2.24, 2.45) is 0 Å². The molecule has 98 valence electrons. The quantitative estimate of drug-likeness (QED) is 0.861. The highest BCUT2D eigenvalue weighted by atomic mass is 32.2. The minimum absolute atomic E-state index is 0.131. The second kappa shape index (κ2) is 5.13. The van der Waals surface area contributed by atoms with Gasteiger partial charge in [0.1, 0.15) is 11.7 Å². The Balaban J connectivity index is 1.76. The molecule has 0 amide bonds. The molecule has 2 heterocycles. The number of carbonyl (C=O) groups is 1. The SMILES string of the molecule is O=C1CSCC1c1nc(Cc2cccc(F)c2)no1. The van der Waals surface area contributed by atoms with Crippen LogP contribution in [-0.4, -0.2) is 27.4 Å². The number of nitrogens with zero attached hydrogens (tertiary/aromatic N) is 2. The van der Waals surface area contributed by atoms with Gasteiger partial charge in [0.05, 0.1) is 5.75 Å². The molecule has 3 rings (SSSR count). The van der Waals surface area contributed by atoms with Crippen LogP contribution >= 0.6 is 11.8 Å². The Kier molecular flexibility index (Phi) is 3.33. The lowest BCUT2D eigenvalue weighted by atomic mass is 10.1. The predicted molar refractivity (Wildman–Crippen MR) is 68.6 cm³/mol. The van der Waals surface area contributed by atoms with E-state index in [9.17, 15) is 9.18 Å². The van der Waals surface area contributed by atoms with Crippen LogP contribution in [0.5, 0.6) is 0 Å². The third-order valence-corrected chi connectivity index (χ3v) is 4.01. The maximum Gasteiger partial charge on any atom is 0.238 e. The molecule has 19 heavy (non-hydrogen) atoms. The molecule has 0 bridgehead atoms. The van der Waals surface area contributed by atoms with Crippen molar-refractivity contribution in [2.45, 2.75) is 12.3 Å². The normalized spacial score (nSPS) is 19.0. The summed E-state index contributed by atoms with van der Waals surface area (Å²) in [5.74, 6) is 1.62. The van der Waals surface area contributed by atoms with Crippen LogP contribution in [0.25, 0.3) is 0 Å². The summed E-state index contributed by atoms with van der Waals surface area (Å²) in [7, 11) is 0. The van der Waals surface area contributed by atoms with E-state index in [4.69, 9.17) is 4.52 Å². The van der Waals surface area contributed by atoms with E-state index in [0.717, 1.165) is 5.56 Å². The van der Waals surface area contributed by atoms with E-state index >= 15 is 0 Å². The molecule has 0 saturated carbocycles. The molecule has 1 aromatic carbocycles.